The number of rotatable bonds is 7. The van der Waals surface area contributed by atoms with Crippen LogP contribution in [0.15, 0.2) is 48.5 Å². The zero-order valence-corrected chi connectivity index (χ0v) is 10.8. The van der Waals surface area contributed by atoms with Gasteiger partial charge < -0.3 is 9.47 Å². The summed E-state index contributed by atoms with van der Waals surface area (Å²) >= 11 is 0. The summed E-state index contributed by atoms with van der Waals surface area (Å²) in [5.41, 5.74) is 4.03. The standard InChI is InChI=1S/C16H14O4/c17-11-19-9-13-1-5-15(6-2-13)16-7-3-14(4-8-16)10-20-12-18/h1-8,11-12H,9-10H2. The minimum Gasteiger partial charge on any atom is -0.463 e. The molecule has 0 bridgehead atoms. The summed E-state index contributed by atoms with van der Waals surface area (Å²) in [6, 6.07) is 15.6. The van der Waals surface area contributed by atoms with Crippen LogP contribution in [0, 0.1) is 0 Å². The molecule has 0 saturated carbocycles. The fourth-order valence-electron chi connectivity index (χ4n) is 1.85. The molecule has 0 amide bonds. The summed E-state index contributed by atoms with van der Waals surface area (Å²) in [4.78, 5) is 20.2. The second-order valence-electron chi connectivity index (χ2n) is 4.21. The Hall–Kier alpha value is -2.62. The lowest BCUT2D eigenvalue weighted by molar-refractivity contribution is -0.130. The van der Waals surface area contributed by atoms with E-state index < -0.39 is 0 Å². The van der Waals surface area contributed by atoms with Gasteiger partial charge in [-0.2, -0.15) is 0 Å². The summed E-state index contributed by atoms with van der Waals surface area (Å²) in [6.45, 7) is 1.44. The molecule has 0 spiro atoms. The summed E-state index contributed by atoms with van der Waals surface area (Å²) < 4.78 is 9.39. The van der Waals surface area contributed by atoms with Crippen LogP contribution in [0.5, 0.6) is 0 Å². The molecule has 0 heterocycles. The third-order valence-corrected chi connectivity index (χ3v) is 2.88. The number of carbonyl (C=O) groups is 2. The van der Waals surface area contributed by atoms with Gasteiger partial charge in [-0.05, 0) is 22.3 Å². The van der Waals surface area contributed by atoms with Crippen molar-refractivity contribution in [3.63, 3.8) is 0 Å². The molecule has 0 unspecified atom stereocenters. The van der Waals surface area contributed by atoms with E-state index in [1.54, 1.807) is 0 Å². The smallest absolute Gasteiger partial charge is 0.293 e. The maximum Gasteiger partial charge on any atom is 0.293 e. The van der Waals surface area contributed by atoms with Gasteiger partial charge in [0.15, 0.2) is 0 Å². The number of ether oxygens (including phenoxy) is 2. The molecule has 0 aliphatic carbocycles. The lowest BCUT2D eigenvalue weighted by Gasteiger charge is -2.05. The summed E-state index contributed by atoms with van der Waals surface area (Å²) in [5, 5.41) is 0. The van der Waals surface area contributed by atoms with Crippen molar-refractivity contribution in [2.45, 2.75) is 13.2 Å². The monoisotopic (exact) mass is 270 g/mol. The molecule has 4 heteroatoms. The minimum absolute atomic E-state index is 0.283. The Kier molecular flexibility index (Phi) is 4.89. The molecule has 4 nitrogen and oxygen atoms in total. The molecule has 20 heavy (non-hydrogen) atoms. The first kappa shape index (κ1) is 13.8. The van der Waals surface area contributed by atoms with Gasteiger partial charge in [0.25, 0.3) is 12.9 Å². The van der Waals surface area contributed by atoms with Crippen LogP contribution >= 0.6 is 0 Å². The van der Waals surface area contributed by atoms with Crippen LogP contribution < -0.4 is 0 Å². The number of hydrogen-bond acceptors (Lipinski definition) is 4. The molecule has 0 radical (unpaired) electrons. The van der Waals surface area contributed by atoms with Crippen molar-refractivity contribution in [2.24, 2.45) is 0 Å². The summed E-state index contributed by atoms with van der Waals surface area (Å²) in [5.74, 6) is 0. The Morgan fingerprint density at radius 2 is 1.00 bits per heavy atom. The third-order valence-electron chi connectivity index (χ3n) is 2.88. The minimum atomic E-state index is 0.283. The molecular weight excluding hydrogens is 256 g/mol. The van der Waals surface area contributed by atoms with Gasteiger partial charge >= 0.3 is 0 Å². The maximum absolute atomic E-state index is 10.1. The lowest BCUT2D eigenvalue weighted by Crippen LogP contribution is -1.91. The number of carbonyl (C=O) groups excluding carboxylic acids is 2. The Morgan fingerprint density at radius 1 is 0.650 bits per heavy atom. The average molecular weight is 270 g/mol. The van der Waals surface area contributed by atoms with Crippen molar-refractivity contribution in [1.29, 1.82) is 0 Å². The molecule has 0 fully saturated rings. The van der Waals surface area contributed by atoms with Gasteiger partial charge in [-0.1, -0.05) is 48.5 Å². The van der Waals surface area contributed by atoms with Crippen molar-refractivity contribution >= 4 is 12.9 Å². The Balaban J connectivity index is 2.06. The second-order valence-corrected chi connectivity index (χ2v) is 4.21. The van der Waals surface area contributed by atoms with Crippen molar-refractivity contribution in [2.75, 3.05) is 0 Å². The first-order valence-electron chi connectivity index (χ1n) is 6.12. The predicted molar refractivity (Wildman–Crippen MR) is 73.6 cm³/mol. The van der Waals surface area contributed by atoms with Gasteiger partial charge in [0, 0.05) is 0 Å². The van der Waals surface area contributed by atoms with Gasteiger partial charge in [-0.15, -0.1) is 0 Å². The Bertz CT molecular complexity index is 505. The summed E-state index contributed by atoms with van der Waals surface area (Å²) in [6.07, 6.45) is 0. The van der Waals surface area contributed by atoms with E-state index in [9.17, 15) is 9.59 Å². The van der Waals surface area contributed by atoms with Gasteiger partial charge in [0.2, 0.25) is 0 Å². The average Bonchev–Trinajstić information content (AvgIpc) is 2.52. The molecule has 102 valence electrons. The van der Waals surface area contributed by atoms with Crippen LogP contribution in [-0.4, -0.2) is 12.9 Å². The first-order chi connectivity index (χ1) is 9.83. The fourth-order valence-corrected chi connectivity index (χ4v) is 1.85. The lowest BCUT2D eigenvalue weighted by atomic mass is 10.0. The Morgan fingerprint density at radius 3 is 1.30 bits per heavy atom. The van der Waals surface area contributed by atoms with Crippen LogP contribution in [0.2, 0.25) is 0 Å². The van der Waals surface area contributed by atoms with Gasteiger partial charge in [0.05, 0.1) is 0 Å². The molecule has 2 aromatic rings. The maximum atomic E-state index is 10.1. The van der Waals surface area contributed by atoms with E-state index in [4.69, 9.17) is 9.47 Å². The van der Waals surface area contributed by atoms with E-state index in [0.717, 1.165) is 22.3 Å². The van der Waals surface area contributed by atoms with Crippen molar-refractivity contribution in [1.82, 2.24) is 0 Å². The highest BCUT2D eigenvalue weighted by Crippen LogP contribution is 2.20. The van der Waals surface area contributed by atoms with Crippen LogP contribution in [0.1, 0.15) is 11.1 Å². The number of benzene rings is 2. The zero-order chi connectivity index (χ0) is 14.2. The van der Waals surface area contributed by atoms with Crippen molar-refractivity contribution in [3.8, 4) is 11.1 Å². The van der Waals surface area contributed by atoms with E-state index in [1.807, 2.05) is 48.5 Å². The van der Waals surface area contributed by atoms with E-state index in [2.05, 4.69) is 0 Å². The van der Waals surface area contributed by atoms with Crippen LogP contribution in [0.3, 0.4) is 0 Å². The van der Waals surface area contributed by atoms with Gasteiger partial charge in [-0.3, -0.25) is 9.59 Å². The van der Waals surface area contributed by atoms with E-state index in [0.29, 0.717) is 12.9 Å². The highest BCUT2D eigenvalue weighted by Gasteiger charge is 2.00. The third kappa shape index (κ3) is 3.68. The highest BCUT2D eigenvalue weighted by molar-refractivity contribution is 5.64. The first-order valence-corrected chi connectivity index (χ1v) is 6.12. The largest absolute Gasteiger partial charge is 0.463 e. The molecule has 0 aromatic heterocycles. The molecular formula is C16H14O4. The zero-order valence-electron chi connectivity index (χ0n) is 10.8. The highest BCUT2D eigenvalue weighted by atomic mass is 16.5. The molecule has 0 N–H and O–H groups in total. The van der Waals surface area contributed by atoms with E-state index >= 15 is 0 Å². The van der Waals surface area contributed by atoms with Crippen molar-refractivity contribution in [3.05, 3.63) is 59.7 Å². The van der Waals surface area contributed by atoms with Crippen LogP contribution in [0.25, 0.3) is 11.1 Å². The molecule has 0 saturated heterocycles. The van der Waals surface area contributed by atoms with E-state index in [-0.39, 0.29) is 13.2 Å². The van der Waals surface area contributed by atoms with Gasteiger partial charge in [0.1, 0.15) is 13.2 Å². The van der Waals surface area contributed by atoms with E-state index in [1.165, 1.54) is 0 Å². The van der Waals surface area contributed by atoms with Crippen molar-refractivity contribution < 1.29 is 19.1 Å². The SMILES string of the molecule is O=COCc1ccc(-c2ccc(COC=O)cc2)cc1. The molecule has 2 rings (SSSR count). The van der Waals surface area contributed by atoms with Gasteiger partial charge in [-0.25, -0.2) is 0 Å². The summed E-state index contributed by atoms with van der Waals surface area (Å²) in [7, 11) is 0. The van der Waals surface area contributed by atoms with Crippen LogP contribution in [0.4, 0.5) is 0 Å². The van der Waals surface area contributed by atoms with Crippen LogP contribution in [-0.2, 0) is 32.3 Å². The second kappa shape index (κ2) is 7.09. The Labute approximate surface area is 116 Å². The predicted octanol–water partition coefficient (Wildman–Crippen LogP) is 2.70. The number of hydrogen-bond donors (Lipinski definition) is 0. The molecule has 2 aromatic carbocycles. The molecule has 0 aliphatic rings. The fraction of sp³-hybridized carbons (Fsp3) is 0.125. The molecule has 0 atom stereocenters. The quantitative estimate of drug-likeness (QED) is 0.726. The normalized spacial score (nSPS) is 9.80. The topological polar surface area (TPSA) is 52.6 Å². The molecule has 0 aliphatic heterocycles.